The lowest BCUT2D eigenvalue weighted by molar-refractivity contribution is -0.134. The third kappa shape index (κ3) is 5.99. The summed E-state index contributed by atoms with van der Waals surface area (Å²) in [4.78, 5) is 56.5. The quantitative estimate of drug-likeness (QED) is 0.402. The van der Waals surface area contributed by atoms with Gasteiger partial charge >= 0.3 is 12.0 Å². The minimum absolute atomic E-state index is 0.0784. The summed E-state index contributed by atoms with van der Waals surface area (Å²) in [5.41, 5.74) is 0.927. The predicted octanol–water partition coefficient (Wildman–Crippen LogP) is 4.02. The molecule has 186 valence electrons. The van der Waals surface area contributed by atoms with Crippen molar-refractivity contribution in [2.45, 2.75) is 57.0 Å². The van der Waals surface area contributed by atoms with Crippen molar-refractivity contribution < 1.29 is 23.9 Å². The summed E-state index contributed by atoms with van der Waals surface area (Å²) in [5, 5.41) is 7.69. The molecule has 0 spiro atoms. The maximum atomic E-state index is 13.4. The number of thiazole rings is 1. The van der Waals surface area contributed by atoms with Gasteiger partial charge in [-0.3, -0.25) is 9.59 Å². The van der Waals surface area contributed by atoms with Crippen molar-refractivity contribution in [1.29, 1.82) is 0 Å². The average Bonchev–Trinajstić information content (AvgIpc) is 3.43. The lowest BCUT2D eigenvalue weighted by Gasteiger charge is -2.30. The van der Waals surface area contributed by atoms with Crippen molar-refractivity contribution in [3.63, 3.8) is 0 Å². The molecule has 2 aromatic rings. The molecule has 1 aromatic carbocycles. The molecule has 9 nitrogen and oxygen atoms in total. The van der Waals surface area contributed by atoms with E-state index in [1.165, 1.54) is 12.5 Å². The number of rotatable bonds is 8. The first-order valence-electron chi connectivity index (χ1n) is 11.6. The number of benzene rings is 1. The Morgan fingerprint density at radius 1 is 1.23 bits per heavy atom. The molecule has 2 heterocycles. The van der Waals surface area contributed by atoms with Crippen LogP contribution in [0, 0.1) is 5.92 Å². The highest BCUT2D eigenvalue weighted by Crippen LogP contribution is 2.31. The minimum atomic E-state index is -0.980. The summed E-state index contributed by atoms with van der Waals surface area (Å²) in [6.07, 6.45) is 5.85. The molecule has 2 aliphatic rings. The summed E-state index contributed by atoms with van der Waals surface area (Å²) in [6.45, 7) is 0. The summed E-state index contributed by atoms with van der Waals surface area (Å²) in [5.74, 6) is -1.32. The zero-order chi connectivity index (χ0) is 24.9. The van der Waals surface area contributed by atoms with Crippen molar-refractivity contribution >= 4 is 51.9 Å². The van der Waals surface area contributed by atoms with Crippen molar-refractivity contribution in [3.8, 4) is 0 Å². The first kappa shape index (κ1) is 25.1. The van der Waals surface area contributed by atoms with Gasteiger partial charge in [0.1, 0.15) is 12.1 Å². The van der Waals surface area contributed by atoms with Gasteiger partial charge in [-0.1, -0.05) is 55.8 Å². The minimum Gasteiger partial charge on any atom is -0.464 e. The van der Waals surface area contributed by atoms with E-state index in [1.807, 2.05) is 0 Å². The highest BCUT2D eigenvalue weighted by molar-refractivity contribution is 7.14. The van der Waals surface area contributed by atoms with Crippen molar-refractivity contribution in [2.75, 3.05) is 12.4 Å². The Kier molecular flexibility index (Phi) is 8.02. The number of nitrogens with one attached hydrogen (secondary N) is 2. The number of methoxy groups -OCH3 is 1. The fourth-order valence-corrected chi connectivity index (χ4v) is 5.43. The van der Waals surface area contributed by atoms with Gasteiger partial charge < -0.3 is 15.4 Å². The van der Waals surface area contributed by atoms with Gasteiger partial charge in [0.25, 0.3) is 5.91 Å². The first-order valence-corrected chi connectivity index (χ1v) is 12.8. The van der Waals surface area contributed by atoms with E-state index < -0.39 is 35.9 Å². The van der Waals surface area contributed by atoms with Crippen molar-refractivity contribution in [2.24, 2.45) is 5.92 Å². The van der Waals surface area contributed by atoms with Gasteiger partial charge in [-0.05, 0) is 30.0 Å². The molecule has 1 aliphatic carbocycles. The van der Waals surface area contributed by atoms with Crippen LogP contribution in [0.15, 0.2) is 29.6 Å². The number of hydrogen-bond donors (Lipinski definition) is 2. The van der Waals surface area contributed by atoms with Crippen LogP contribution in [0.1, 0.15) is 54.6 Å². The number of ether oxygens (including phenoxy) is 1. The van der Waals surface area contributed by atoms with Crippen LogP contribution in [-0.2, 0) is 20.7 Å². The second-order valence-electron chi connectivity index (χ2n) is 8.82. The van der Waals surface area contributed by atoms with E-state index in [0.717, 1.165) is 53.9 Å². The van der Waals surface area contributed by atoms with Gasteiger partial charge in [-0.25, -0.2) is 19.5 Å². The van der Waals surface area contributed by atoms with Crippen LogP contribution >= 0.6 is 22.9 Å². The van der Waals surface area contributed by atoms with E-state index in [-0.39, 0.29) is 16.7 Å². The van der Waals surface area contributed by atoms with E-state index in [0.29, 0.717) is 17.9 Å². The topological polar surface area (TPSA) is 118 Å². The number of esters is 1. The number of hydrogen-bond acceptors (Lipinski definition) is 7. The number of carbonyl (C=O) groups excluding carboxylic acids is 4. The van der Waals surface area contributed by atoms with Crippen molar-refractivity contribution in [3.05, 3.63) is 45.9 Å². The second kappa shape index (κ2) is 11.2. The second-order valence-corrected chi connectivity index (χ2v) is 10.1. The van der Waals surface area contributed by atoms with Gasteiger partial charge in [0.05, 0.1) is 7.11 Å². The Bertz CT molecular complexity index is 1100. The Morgan fingerprint density at radius 2 is 1.94 bits per heavy atom. The maximum Gasteiger partial charge on any atom is 0.357 e. The number of carbonyl (C=O) groups is 4. The fourth-order valence-electron chi connectivity index (χ4n) is 4.62. The molecule has 2 atom stereocenters. The highest BCUT2D eigenvalue weighted by atomic mass is 35.5. The van der Waals surface area contributed by atoms with Crippen LogP contribution < -0.4 is 10.6 Å². The number of imide groups is 1. The number of amides is 4. The van der Waals surface area contributed by atoms with E-state index in [4.69, 9.17) is 11.6 Å². The molecule has 0 radical (unpaired) electrons. The largest absolute Gasteiger partial charge is 0.464 e. The Hall–Kier alpha value is -2.98. The molecule has 0 unspecified atom stereocenters. The molecule has 1 saturated heterocycles. The molecule has 35 heavy (non-hydrogen) atoms. The molecule has 2 fully saturated rings. The Morgan fingerprint density at radius 3 is 2.63 bits per heavy atom. The zero-order valence-corrected chi connectivity index (χ0v) is 20.9. The summed E-state index contributed by atoms with van der Waals surface area (Å²) >= 11 is 7.02. The van der Waals surface area contributed by atoms with E-state index in [9.17, 15) is 19.2 Å². The molecule has 1 saturated carbocycles. The van der Waals surface area contributed by atoms with Crippen LogP contribution in [0.25, 0.3) is 0 Å². The molecule has 1 aromatic heterocycles. The first-order chi connectivity index (χ1) is 16.9. The number of anilines is 1. The molecule has 1 aliphatic heterocycles. The third-order valence-electron chi connectivity index (χ3n) is 6.43. The SMILES string of the molecule is COC(=O)c1csc(NC(=O)[C@H](CC2CCCCC2)N2C(=O)N[C@H](Cc3ccc(Cl)cc3)C2=O)n1. The average molecular weight is 519 g/mol. The van der Waals surface area contributed by atoms with E-state index in [2.05, 4.69) is 20.4 Å². The van der Waals surface area contributed by atoms with Gasteiger partial charge in [0.15, 0.2) is 10.8 Å². The fraction of sp³-hybridized carbons (Fsp3) is 0.458. The summed E-state index contributed by atoms with van der Waals surface area (Å²) in [7, 11) is 1.25. The van der Waals surface area contributed by atoms with E-state index >= 15 is 0 Å². The van der Waals surface area contributed by atoms with Crippen LogP contribution in [0.4, 0.5) is 9.93 Å². The summed E-state index contributed by atoms with van der Waals surface area (Å²) in [6, 6.07) is 4.73. The van der Waals surface area contributed by atoms with Crippen LogP contribution in [-0.4, -0.2) is 52.9 Å². The van der Waals surface area contributed by atoms with Gasteiger partial charge in [-0.15, -0.1) is 11.3 Å². The maximum absolute atomic E-state index is 13.4. The normalized spacial score (nSPS) is 19.4. The molecule has 4 amide bonds. The lowest BCUT2D eigenvalue weighted by atomic mass is 9.84. The zero-order valence-electron chi connectivity index (χ0n) is 19.3. The monoisotopic (exact) mass is 518 g/mol. The Labute approximate surface area is 212 Å². The van der Waals surface area contributed by atoms with Crippen LogP contribution in [0.3, 0.4) is 0 Å². The van der Waals surface area contributed by atoms with Crippen molar-refractivity contribution in [1.82, 2.24) is 15.2 Å². The van der Waals surface area contributed by atoms with Crippen LogP contribution in [0.2, 0.25) is 5.02 Å². The molecular formula is C24H27ClN4O5S. The van der Waals surface area contributed by atoms with Gasteiger partial charge in [-0.2, -0.15) is 0 Å². The number of aromatic nitrogens is 1. The predicted molar refractivity (Wildman–Crippen MR) is 131 cm³/mol. The molecule has 11 heteroatoms. The lowest BCUT2D eigenvalue weighted by Crippen LogP contribution is -2.49. The molecule has 0 bridgehead atoms. The highest BCUT2D eigenvalue weighted by Gasteiger charge is 2.45. The number of halogens is 1. The number of urea groups is 1. The standard InChI is InChI=1S/C24H27ClN4O5S/c1-34-22(32)18-13-35-23(26-18)28-20(30)19(12-14-5-3-2-4-6-14)29-21(31)17(27-24(29)33)11-15-7-9-16(25)10-8-15/h7-10,13-14,17,19H,2-6,11-12H2,1H3,(H,27,33)(H,26,28,30)/t17-,19+/m1/s1. The smallest absolute Gasteiger partial charge is 0.357 e. The third-order valence-corrected chi connectivity index (χ3v) is 7.44. The molecule has 2 N–H and O–H groups in total. The number of nitrogens with zero attached hydrogens (tertiary/aromatic N) is 2. The Balaban J connectivity index is 1.52. The van der Waals surface area contributed by atoms with Crippen LogP contribution in [0.5, 0.6) is 0 Å². The molecule has 4 rings (SSSR count). The van der Waals surface area contributed by atoms with Gasteiger partial charge in [0, 0.05) is 16.8 Å². The van der Waals surface area contributed by atoms with Gasteiger partial charge in [0.2, 0.25) is 5.91 Å². The summed E-state index contributed by atoms with van der Waals surface area (Å²) < 4.78 is 4.66. The van der Waals surface area contributed by atoms with E-state index in [1.54, 1.807) is 24.3 Å². The molecular weight excluding hydrogens is 492 g/mol.